The molecular formula is C7H9N5O. The molecule has 1 heterocycles. The van der Waals surface area contributed by atoms with Crippen LogP contribution in [0.2, 0.25) is 0 Å². The van der Waals surface area contributed by atoms with Crippen LogP contribution in [0.25, 0.3) is 0 Å². The maximum atomic E-state index is 11.1. The smallest absolute Gasteiger partial charge is 0.288 e. The predicted molar refractivity (Wildman–Crippen MR) is 43.6 cm³/mol. The van der Waals surface area contributed by atoms with Crippen molar-refractivity contribution in [1.82, 2.24) is 20.5 Å². The molecule has 0 saturated carbocycles. The fourth-order valence-corrected chi connectivity index (χ4v) is 0.768. The topological polar surface area (TPSA) is 94.5 Å². The summed E-state index contributed by atoms with van der Waals surface area (Å²) in [5, 5.41) is 16.8. The molecule has 0 aliphatic heterocycles. The van der Waals surface area contributed by atoms with Gasteiger partial charge < -0.3 is 5.32 Å². The number of nitrogens with one attached hydrogen (secondary N) is 2. The number of amides is 1. The van der Waals surface area contributed by atoms with Crippen LogP contribution in [-0.2, 0) is 0 Å². The lowest BCUT2D eigenvalue weighted by Crippen LogP contribution is -2.25. The standard InChI is InChI=1S/C7H9N5O/c8-3-1-2-4-9-7(13)6-10-5-11-12-6/h5H,1-2,4H2,(H,9,13)(H,10,11,12). The van der Waals surface area contributed by atoms with Crippen LogP contribution in [-0.4, -0.2) is 27.6 Å². The van der Waals surface area contributed by atoms with Gasteiger partial charge in [-0.25, -0.2) is 4.98 Å². The van der Waals surface area contributed by atoms with Gasteiger partial charge in [0.15, 0.2) is 0 Å². The number of rotatable bonds is 4. The lowest BCUT2D eigenvalue weighted by molar-refractivity contribution is 0.0943. The second kappa shape index (κ2) is 4.87. The van der Waals surface area contributed by atoms with E-state index in [-0.39, 0.29) is 11.7 Å². The van der Waals surface area contributed by atoms with E-state index in [1.165, 1.54) is 6.33 Å². The van der Waals surface area contributed by atoms with E-state index in [9.17, 15) is 4.79 Å². The zero-order chi connectivity index (χ0) is 9.52. The molecule has 0 saturated heterocycles. The van der Waals surface area contributed by atoms with Crippen LogP contribution < -0.4 is 5.32 Å². The first-order valence-corrected chi connectivity index (χ1v) is 3.85. The van der Waals surface area contributed by atoms with E-state index in [1.807, 2.05) is 6.07 Å². The van der Waals surface area contributed by atoms with Crippen molar-refractivity contribution in [2.24, 2.45) is 0 Å². The number of nitrogens with zero attached hydrogens (tertiary/aromatic N) is 3. The molecule has 1 rings (SSSR count). The van der Waals surface area contributed by atoms with Gasteiger partial charge in [-0.3, -0.25) is 9.89 Å². The Kier molecular flexibility index (Phi) is 3.45. The molecule has 0 bridgehead atoms. The van der Waals surface area contributed by atoms with Crippen molar-refractivity contribution in [2.75, 3.05) is 6.54 Å². The SMILES string of the molecule is N#CCCCNC(=O)c1ncn[nH]1. The maximum Gasteiger partial charge on any atom is 0.288 e. The Morgan fingerprint density at radius 3 is 3.23 bits per heavy atom. The van der Waals surface area contributed by atoms with Gasteiger partial charge in [-0.2, -0.15) is 10.4 Å². The first-order chi connectivity index (χ1) is 6.34. The van der Waals surface area contributed by atoms with E-state index >= 15 is 0 Å². The number of nitriles is 1. The highest BCUT2D eigenvalue weighted by Crippen LogP contribution is 1.87. The molecule has 0 unspecified atom stereocenters. The molecule has 0 fully saturated rings. The number of aromatic nitrogens is 3. The van der Waals surface area contributed by atoms with Crippen molar-refractivity contribution in [1.29, 1.82) is 5.26 Å². The molecule has 68 valence electrons. The molecule has 2 N–H and O–H groups in total. The van der Waals surface area contributed by atoms with Crippen LogP contribution in [0, 0.1) is 11.3 Å². The predicted octanol–water partition coefficient (Wildman–Crippen LogP) is -0.162. The average Bonchev–Trinajstić information content (AvgIpc) is 2.65. The number of unbranched alkanes of at least 4 members (excludes halogenated alkanes) is 1. The van der Waals surface area contributed by atoms with E-state index < -0.39 is 0 Å². The largest absolute Gasteiger partial charge is 0.349 e. The molecule has 6 nitrogen and oxygen atoms in total. The molecule has 0 spiro atoms. The van der Waals surface area contributed by atoms with Crippen molar-refractivity contribution < 1.29 is 4.79 Å². The third kappa shape index (κ3) is 2.91. The van der Waals surface area contributed by atoms with Gasteiger partial charge in [-0.15, -0.1) is 0 Å². The van der Waals surface area contributed by atoms with Gasteiger partial charge in [-0.05, 0) is 6.42 Å². The molecule has 1 aromatic rings. The summed E-state index contributed by atoms with van der Waals surface area (Å²) in [5.74, 6) is -0.104. The summed E-state index contributed by atoms with van der Waals surface area (Å²) in [4.78, 5) is 14.8. The quantitative estimate of drug-likeness (QED) is 0.628. The third-order valence-corrected chi connectivity index (χ3v) is 1.38. The van der Waals surface area contributed by atoms with E-state index in [0.717, 1.165) is 0 Å². The van der Waals surface area contributed by atoms with E-state index in [0.29, 0.717) is 19.4 Å². The Bertz CT molecular complexity index is 299. The molecule has 0 aromatic carbocycles. The number of aromatic amines is 1. The molecule has 0 aliphatic carbocycles. The fourth-order valence-electron chi connectivity index (χ4n) is 0.768. The van der Waals surface area contributed by atoms with Crippen molar-refractivity contribution in [3.63, 3.8) is 0 Å². The normalized spacial score (nSPS) is 9.15. The molecule has 0 atom stereocenters. The van der Waals surface area contributed by atoms with Crippen molar-refractivity contribution in [2.45, 2.75) is 12.8 Å². The summed E-state index contributed by atoms with van der Waals surface area (Å²) in [5.41, 5.74) is 0. The zero-order valence-electron chi connectivity index (χ0n) is 6.95. The van der Waals surface area contributed by atoms with Crippen LogP contribution in [0.4, 0.5) is 0 Å². The number of carbonyl (C=O) groups excluding carboxylic acids is 1. The highest BCUT2D eigenvalue weighted by molar-refractivity contribution is 5.90. The van der Waals surface area contributed by atoms with Gasteiger partial charge in [-0.1, -0.05) is 0 Å². The van der Waals surface area contributed by atoms with Gasteiger partial charge >= 0.3 is 0 Å². The summed E-state index contributed by atoms with van der Waals surface area (Å²) in [7, 11) is 0. The summed E-state index contributed by atoms with van der Waals surface area (Å²) < 4.78 is 0. The minimum Gasteiger partial charge on any atom is -0.349 e. The van der Waals surface area contributed by atoms with Crippen LogP contribution in [0.15, 0.2) is 6.33 Å². The van der Waals surface area contributed by atoms with E-state index in [2.05, 4.69) is 20.5 Å². The summed E-state index contributed by atoms with van der Waals surface area (Å²) in [6, 6.07) is 1.99. The molecule has 1 amide bonds. The zero-order valence-corrected chi connectivity index (χ0v) is 6.95. The number of hydrogen-bond donors (Lipinski definition) is 2. The number of hydrogen-bond acceptors (Lipinski definition) is 4. The van der Waals surface area contributed by atoms with Crippen LogP contribution >= 0.6 is 0 Å². The van der Waals surface area contributed by atoms with Crippen molar-refractivity contribution in [3.8, 4) is 6.07 Å². The molecule has 6 heteroatoms. The maximum absolute atomic E-state index is 11.1. The van der Waals surface area contributed by atoms with Crippen molar-refractivity contribution in [3.05, 3.63) is 12.2 Å². The number of H-pyrrole nitrogens is 1. The van der Waals surface area contributed by atoms with Crippen molar-refractivity contribution >= 4 is 5.91 Å². The second-order valence-electron chi connectivity index (χ2n) is 2.35. The molecule has 13 heavy (non-hydrogen) atoms. The first-order valence-electron chi connectivity index (χ1n) is 3.85. The van der Waals surface area contributed by atoms with Crippen LogP contribution in [0.1, 0.15) is 23.5 Å². The summed E-state index contributed by atoms with van der Waals surface area (Å²) in [6.45, 7) is 0.479. The van der Waals surface area contributed by atoms with E-state index in [4.69, 9.17) is 5.26 Å². The Labute approximate surface area is 75.0 Å². The minimum absolute atomic E-state index is 0.192. The Morgan fingerprint density at radius 2 is 2.62 bits per heavy atom. The third-order valence-electron chi connectivity index (χ3n) is 1.38. The van der Waals surface area contributed by atoms with Gasteiger partial charge in [0, 0.05) is 13.0 Å². The summed E-state index contributed by atoms with van der Waals surface area (Å²) >= 11 is 0. The monoisotopic (exact) mass is 179 g/mol. The van der Waals surface area contributed by atoms with E-state index in [1.54, 1.807) is 0 Å². The van der Waals surface area contributed by atoms with Gasteiger partial charge in [0.25, 0.3) is 5.91 Å². The van der Waals surface area contributed by atoms with Crippen LogP contribution in [0.5, 0.6) is 0 Å². The van der Waals surface area contributed by atoms with Gasteiger partial charge in [0.05, 0.1) is 6.07 Å². The summed E-state index contributed by atoms with van der Waals surface area (Å²) in [6.07, 6.45) is 2.36. The van der Waals surface area contributed by atoms with Gasteiger partial charge in [0.2, 0.25) is 5.82 Å². The first kappa shape index (κ1) is 9.19. The fraction of sp³-hybridized carbons (Fsp3) is 0.429. The highest BCUT2D eigenvalue weighted by atomic mass is 16.2. The molecule has 1 aromatic heterocycles. The Morgan fingerprint density at radius 1 is 1.77 bits per heavy atom. The number of carbonyl (C=O) groups is 1. The molecule has 0 radical (unpaired) electrons. The lowest BCUT2D eigenvalue weighted by Gasteiger charge is -1.98. The average molecular weight is 179 g/mol. The van der Waals surface area contributed by atoms with Crippen LogP contribution in [0.3, 0.4) is 0 Å². The Hall–Kier alpha value is -1.90. The highest BCUT2D eigenvalue weighted by Gasteiger charge is 2.06. The lowest BCUT2D eigenvalue weighted by atomic mass is 10.3. The van der Waals surface area contributed by atoms with Gasteiger partial charge in [0.1, 0.15) is 6.33 Å². The molecule has 0 aliphatic rings. The molecular weight excluding hydrogens is 170 g/mol. The minimum atomic E-state index is -0.296. The Balaban J connectivity index is 2.24. The second-order valence-corrected chi connectivity index (χ2v) is 2.35.